The van der Waals surface area contributed by atoms with Crippen molar-refractivity contribution in [1.82, 2.24) is 5.32 Å². The highest BCUT2D eigenvalue weighted by Gasteiger charge is 2.42. The number of nitrogens with one attached hydrogen (secondary N) is 1. The monoisotopic (exact) mass is 555 g/mol. The largest absolute Gasteiger partial charge is 0.489 e. The van der Waals surface area contributed by atoms with E-state index in [1.165, 1.54) is 0 Å². The smallest absolute Gasteiger partial charge is 0.337 e. The molecule has 5 nitrogen and oxygen atoms in total. The lowest BCUT2D eigenvalue weighted by Crippen LogP contribution is -2.36. The number of carbonyl (C=O) groups excluding carboxylic acids is 2. The second-order valence-corrected chi connectivity index (χ2v) is 10.8. The highest BCUT2D eigenvalue weighted by Crippen LogP contribution is 2.47. The second kappa shape index (κ2) is 12.3. The molecule has 1 N–H and O–H groups in total. The van der Waals surface area contributed by atoms with Gasteiger partial charge in [0.25, 0.3) is 0 Å². The maximum atomic E-state index is 14.0. The number of para-hydroxylation sites is 1. The number of esters is 1. The lowest BCUT2D eigenvalue weighted by Gasteiger charge is -2.37. The third-order valence-electron chi connectivity index (χ3n) is 8.00. The van der Waals surface area contributed by atoms with Crippen molar-refractivity contribution in [3.8, 4) is 5.75 Å². The van der Waals surface area contributed by atoms with Crippen LogP contribution in [0.2, 0.25) is 0 Å². The van der Waals surface area contributed by atoms with E-state index in [0.29, 0.717) is 42.0 Å². The van der Waals surface area contributed by atoms with Gasteiger partial charge in [0, 0.05) is 29.0 Å². The van der Waals surface area contributed by atoms with Gasteiger partial charge in [-0.05, 0) is 42.0 Å². The predicted octanol–water partition coefficient (Wildman–Crippen LogP) is 7.37. The Labute approximate surface area is 246 Å². The van der Waals surface area contributed by atoms with Gasteiger partial charge in [-0.1, -0.05) is 109 Å². The molecule has 0 spiro atoms. The molecule has 5 heteroatoms. The highest BCUT2D eigenvalue weighted by atomic mass is 16.5. The van der Waals surface area contributed by atoms with Crippen molar-refractivity contribution in [3.63, 3.8) is 0 Å². The molecule has 0 amide bonds. The van der Waals surface area contributed by atoms with Crippen LogP contribution in [-0.4, -0.2) is 11.8 Å². The number of rotatable bonds is 8. The van der Waals surface area contributed by atoms with E-state index in [4.69, 9.17) is 9.47 Å². The summed E-state index contributed by atoms with van der Waals surface area (Å²) in [6, 6.07) is 37.4. The molecule has 0 radical (unpaired) electrons. The normalized spacial score (nSPS) is 18.3. The Balaban J connectivity index is 1.38. The molecule has 4 aromatic carbocycles. The zero-order valence-electron chi connectivity index (χ0n) is 23.6. The Morgan fingerprint density at radius 1 is 0.762 bits per heavy atom. The van der Waals surface area contributed by atoms with E-state index in [9.17, 15) is 9.59 Å². The first-order chi connectivity index (χ1) is 20.6. The summed E-state index contributed by atoms with van der Waals surface area (Å²) in [5, 5.41) is 3.45. The van der Waals surface area contributed by atoms with Gasteiger partial charge < -0.3 is 14.8 Å². The van der Waals surface area contributed by atoms with Gasteiger partial charge in [-0.15, -0.1) is 0 Å². The van der Waals surface area contributed by atoms with Crippen LogP contribution < -0.4 is 10.1 Å². The maximum Gasteiger partial charge on any atom is 0.337 e. The molecular weight excluding hydrogens is 522 g/mol. The summed E-state index contributed by atoms with van der Waals surface area (Å²) in [6.45, 7) is 2.40. The fraction of sp³-hybridized carbons (Fsp3) is 0.189. The first-order valence-electron chi connectivity index (χ1n) is 14.3. The van der Waals surface area contributed by atoms with Crippen molar-refractivity contribution in [3.05, 3.63) is 160 Å². The van der Waals surface area contributed by atoms with Gasteiger partial charge >= 0.3 is 5.97 Å². The van der Waals surface area contributed by atoms with Crippen LogP contribution in [0, 0.1) is 0 Å². The van der Waals surface area contributed by atoms with Gasteiger partial charge in [0.05, 0.1) is 11.5 Å². The van der Waals surface area contributed by atoms with Gasteiger partial charge in [0.15, 0.2) is 5.78 Å². The fourth-order valence-electron chi connectivity index (χ4n) is 5.97. The summed E-state index contributed by atoms with van der Waals surface area (Å²) in [5.41, 5.74) is 6.46. The molecule has 1 heterocycles. The van der Waals surface area contributed by atoms with Crippen LogP contribution in [-0.2, 0) is 27.5 Å². The molecule has 0 unspecified atom stereocenters. The third-order valence-corrected chi connectivity index (χ3v) is 8.00. The van der Waals surface area contributed by atoms with Crippen molar-refractivity contribution in [2.24, 2.45) is 0 Å². The minimum absolute atomic E-state index is 0.0290. The number of dihydropyridines is 1. The topological polar surface area (TPSA) is 64.6 Å². The van der Waals surface area contributed by atoms with Crippen LogP contribution in [0.4, 0.5) is 0 Å². The lowest BCUT2D eigenvalue weighted by atomic mass is 9.71. The Morgan fingerprint density at radius 2 is 1.36 bits per heavy atom. The number of allylic oxidation sites excluding steroid dienone is 3. The van der Waals surface area contributed by atoms with Gasteiger partial charge in [-0.2, -0.15) is 0 Å². The second-order valence-electron chi connectivity index (χ2n) is 10.8. The summed E-state index contributed by atoms with van der Waals surface area (Å²) in [4.78, 5) is 27.9. The number of carbonyl (C=O) groups is 2. The molecule has 1 aliphatic heterocycles. The third kappa shape index (κ3) is 5.77. The van der Waals surface area contributed by atoms with Crippen LogP contribution in [0.3, 0.4) is 0 Å². The van der Waals surface area contributed by atoms with E-state index in [1.807, 2.05) is 110 Å². The molecule has 0 fully saturated rings. The van der Waals surface area contributed by atoms with E-state index >= 15 is 0 Å². The quantitative estimate of drug-likeness (QED) is 0.230. The molecule has 0 saturated heterocycles. The van der Waals surface area contributed by atoms with E-state index < -0.39 is 11.9 Å². The summed E-state index contributed by atoms with van der Waals surface area (Å²) in [5.74, 6) is -0.327. The van der Waals surface area contributed by atoms with Gasteiger partial charge in [0.1, 0.15) is 19.0 Å². The predicted molar refractivity (Wildman–Crippen MR) is 162 cm³/mol. The Bertz CT molecular complexity index is 1640. The van der Waals surface area contributed by atoms with Crippen LogP contribution in [0.1, 0.15) is 53.9 Å². The van der Waals surface area contributed by atoms with Crippen molar-refractivity contribution < 1.29 is 19.1 Å². The number of ether oxygens (including phenoxy) is 2. The molecule has 42 heavy (non-hydrogen) atoms. The molecular formula is C37H33NO4. The molecule has 0 aromatic heterocycles. The zero-order chi connectivity index (χ0) is 28.9. The minimum atomic E-state index is -0.610. The van der Waals surface area contributed by atoms with Crippen LogP contribution in [0.15, 0.2) is 138 Å². The summed E-state index contributed by atoms with van der Waals surface area (Å²) in [6.07, 6.45) is 1.05. The van der Waals surface area contributed by atoms with E-state index in [2.05, 4.69) is 17.4 Å². The molecule has 210 valence electrons. The first kappa shape index (κ1) is 27.3. The van der Waals surface area contributed by atoms with Crippen molar-refractivity contribution in [1.29, 1.82) is 0 Å². The van der Waals surface area contributed by atoms with Crippen molar-refractivity contribution >= 4 is 11.8 Å². The molecule has 0 saturated carbocycles. The number of Topliss-reactive ketones (excluding diaryl/α,β-unsaturated/α-hetero) is 1. The van der Waals surface area contributed by atoms with Crippen LogP contribution in [0.5, 0.6) is 5.75 Å². The maximum absolute atomic E-state index is 14.0. The van der Waals surface area contributed by atoms with Crippen molar-refractivity contribution in [2.75, 3.05) is 0 Å². The zero-order valence-corrected chi connectivity index (χ0v) is 23.6. The summed E-state index contributed by atoms with van der Waals surface area (Å²) in [7, 11) is 0. The van der Waals surface area contributed by atoms with E-state index in [-0.39, 0.29) is 18.3 Å². The molecule has 0 bridgehead atoms. The molecule has 6 rings (SSSR count). The molecule has 2 aliphatic rings. The van der Waals surface area contributed by atoms with Crippen LogP contribution in [0.25, 0.3) is 0 Å². The Hall–Kier alpha value is -4.90. The fourth-order valence-corrected chi connectivity index (χ4v) is 5.97. The van der Waals surface area contributed by atoms with Gasteiger partial charge in [-0.3, -0.25) is 4.79 Å². The molecule has 4 aromatic rings. The Kier molecular flexibility index (Phi) is 8.00. The van der Waals surface area contributed by atoms with Gasteiger partial charge in [0.2, 0.25) is 0 Å². The number of ketones is 1. The number of benzene rings is 4. The summed E-state index contributed by atoms with van der Waals surface area (Å²) >= 11 is 0. The molecule has 2 atom stereocenters. The summed E-state index contributed by atoms with van der Waals surface area (Å²) < 4.78 is 12.2. The Morgan fingerprint density at radius 3 is 2.05 bits per heavy atom. The minimum Gasteiger partial charge on any atom is -0.489 e. The number of hydrogen-bond donors (Lipinski definition) is 1. The lowest BCUT2D eigenvalue weighted by molar-refractivity contribution is -0.140. The van der Waals surface area contributed by atoms with Gasteiger partial charge in [-0.25, -0.2) is 4.79 Å². The van der Waals surface area contributed by atoms with E-state index in [0.717, 1.165) is 28.0 Å². The average molecular weight is 556 g/mol. The average Bonchev–Trinajstić information content (AvgIpc) is 3.03. The van der Waals surface area contributed by atoms with E-state index in [1.54, 1.807) is 0 Å². The van der Waals surface area contributed by atoms with Crippen molar-refractivity contribution in [2.45, 2.75) is 44.8 Å². The molecule has 1 aliphatic carbocycles. The highest BCUT2D eigenvalue weighted by molar-refractivity contribution is 6.04. The SMILES string of the molecule is CC1=C(C(=O)OCc2ccccc2)[C@@H](c2ccccc2OCc2ccccc2)C2=C(C[C@H](c3ccccc3)CC2=O)N1. The first-order valence-corrected chi connectivity index (χ1v) is 14.3. The number of hydrogen-bond acceptors (Lipinski definition) is 5. The van der Waals surface area contributed by atoms with Crippen LogP contribution >= 0.6 is 0 Å². The standard InChI is InChI=1S/C37H33NO4/c1-25-34(37(40)42-24-27-15-7-3-8-16-27)35(30-19-11-12-20-33(30)41-23-26-13-5-2-6-14-26)36-31(38-25)21-29(22-32(36)39)28-17-9-4-10-18-28/h2-20,29,35,38H,21-24H2,1H3/t29-,35+/m0/s1.